The van der Waals surface area contributed by atoms with Gasteiger partial charge >= 0.3 is 0 Å². The first-order valence-corrected chi connectivity index (χ1v) is 8.28. The van der Waals surface area contributed by atoms with E-state index in [1.54, 1.807) is 12.3 Å². The molecule has 3 rings (SSSR count). The SMILES string of the molecule is CCc1ccc(C2CNCCN2C(=O)c2ccncc2Cl)cc1. The summed E-state index contributed by atoms with van der Waals surface area (Å²) < 4.78 is 0. The van der Waals surface area contributed by atoms with Crippen LogP contribution in [0.4, 0.5) is 0 Å². The molecule has 1 aromatic heterocycles. The minimum atomic E-state index is -0.0385. The van der Waals surface area contributed by atoms with Crippen LogP contribution in [0.1, 0.15) is 34.5 Å². The van der Waals surface area contributed by atoms with Gasteiger partial charge in [0.1, 0.15) is 0 Å². The lowest BCUT2D eigenvalue weighted by atomic mass is 10.00. The van der Waals surface area contributed by atoms with Crippen LogP contribution < -0.4 is 5.32 Å². The summed E-state index contributed by atoms with van der Waals surface area (Å²) >= 11 is 6.15. The Morgan fingerprint density at radius 3 is 2.83 bits per heavy atom. The molecule has 23 heavy (non-hydrogen) atoms. The third-order valence-corrected chi connectivity index (χ3v) is 4.58. The zero-order valence-corrected chi connectivity index (χ0v) is 13.9. The molecule has 1 aromatic carbocycles. The van der Waals surface area contributed by atoms with E-state index < -0.39 is 0 Å². The Bertz CT molecular complexity index is 687. The molecule has 2 aromatic rings. The van der Waals surface area contributed by atoms with Crippen molar-refractivity contribution < 1.29 is 4.79 Å². The molecule has 0 spiro atoms. The molecule has 1 saturated heterocycles. The second-order valence-electron chi connectivity index (χ2n) is 5.67. The first kappa shape index (κ1) is 16.0. The van der Waals surface area contributed by atoms with Crippen LogP contribution in [0.15, 0.2) is 42.7 Å². The summed E-state index contributed by atoms with van der Waals surface area (Å²) in [5.74, 6) is -0.0385. The highest BCUT2D eigenvalue weighted by molar-refractivity contribution is 6.33. The summed E-state index contributed by atoms with van der Waals surface area (Å²) in [5, 5.41) is 3.77. The number of benzene rings is 1. The molecule has 1 amide bonds. The van der Waals surface area contributed by atoms with E-state index in [9.17, 15) is 4.79 Å². The number of pyridine rings is 1. The zero-order chi connectivity index (χ0) is 16.2. The average molecular weight is 330 g/mol. The Hall–Kier alpha value is -1.91. The number of carbonyl (C=O) groups excluding carboxylic acids is 1. The van der Waals surface area contributed by atoms with Crippen LogP contribution >= 0.6 is 11.6 Å². The molecule has 1 atom stereocenters. The molecule has 0 bridgehead atoms. The fraction of sp³-hybridized carbons (Fsp3) is 0.333. The molecule has 4 nitrogen and oxygen atoms in total. The van der Waals surface area contributed by atoms with Gasteiger partial charge in [0.25, 0.3) is 5.91 Å². The van der Waals surface area contributed by atoms with Crippen LogP contribution in [-0.4, -0.2) is 35.4 Å². The first-order chi connectivity index (χ1) is 11.2. The Kier molecular flexibility index (Phi) is 4.94. The number of nitrogens with zero attached hydrogens (tertiary/aromatic N) is 2. The van der Waals surface area contributed by atoms with Crippen LogP contribution in [0.3, 0.4) is 0 Å². The fourth-order valence-corrected chi connectivity index (χ4v) is 3.12. The van der Waals surface area contributed by atoms with Gasteiger partial charge in [-0.05, 0) is 23.6 Å². The lowest BCUT2D eigenvalue weighted by molar-refractivity contribution is 0.0634. The molecule has 1 fully saturated rings. The smallest absolute Gasteiger partial charge is 0.256 e. The van der Waals surface area contributed by atoms with Gasteiger partial charge in [-0.2, -0.15) is 0 Å². The van der Waals surface area contributed by atoms with Gasteiger partial charge in [0.05, 0.1) is 16.6 Å². The third kappa shape index (κ3) is 3.38. The Morgan fingerprint density at radius 2 is 2.13 bits per heavy atom. The predicted molar refractivity (Wildman–Crippen MR) is 91.7 cm³/mol. The van der Waals surface area contributed by atoms with E-state index >= 15 is 0 Å². The summed E-state index contributed by atoms with van der Waals surface area (Å²) in [6.45, 7) is 4.34. The molecule has 0 aliphatic carbocycles. The van der Waals surface area contributed by atoms with Crippen LogP contribution in [0.5, 0.6) is 0 Å². The van der Waals surface area contributed by atoms with Gasteiger partial charge in [-0.1, -0.05) is 42.8 Å². The maximum atomic E-state index is 12.9. The summed E-state index contributed by atoms with van der Waals surface area (Å²) in [7, 11) is 0. The number of hydrogen-bond donors (Lipinski definition) is 1. The number of hydrogen-bond acceptors (Lipinski definition) is 3. The van der Waals surface area contributed by atoms with Crippen LogP contribution in [0.2, 0.25) is 5.02 Å². The van der Waals surface area contributed by atoms with Gasteiger partial charge < -0.3 is 10.2 Å². The Morgan fingerprint density at radius 1 is 1.35 bits per heavy atom. The van der Waals surface area contributed by atoms with Gasteiger partial charge in [-0.25, -0.2) is 0 Å². The van der Waals surface area contributed by atoms with Crippen molar-refractivity contribution in [2.45, 2.75) is 19.4 Å². The summed E-state index contributed by atoms with van der Waals surface area (Å²) in [6, 6.07) is 10.2. The minimum Gasteiger partial charge on any atom is -0.329 e. The predicted octanol–water partition coefficient (Wildman–Crippen LogP) is 3.08. The number of piperazine rings is 1. The van der Waals surface area contributed by atoms with Crippen molar-refractivity contribution in [1.29, 1.82) is 0 Å². The standard InChI is InChI=1S/C18H20ClN3O/c1-2-13-3-5-14(6-4-13)17-12-21-9-10-22(17)18(23)15-7-8-20-11-16(15)19/h3-8,11,17,21H,2,9-10,12H2,1H3. The van der Waals surface area contributed by atoms with Crippen LogP contribution in [0, 0.1) is 0 Å². The summed E-state index contributed by atoms with van der Waals surface area (Å²) in [4.78, 5) is 18.8. The van der Waals surface area contributed by atoms with E-state index in [2.05, 4.69) is 41.5 Å². The van der Waals surface area contributed by atoms with Gasteiger partial charge in [0.2, 0.25) is 0 Å². The van der Waals surface area contributed by atoms with Crippen molar-refractivity contribution in [1.82, 2.24) is 15.2 Å². The zero-order valence-electron chi connectivity index (χ0n) is 13.1. The Labute approximate surface area is 141 Å². The molecule has 120 valence electrons. The van der Waals surface area contributed by atoms with Gasteiger partial charge in [0.15, 0.2) is 0 Å². The second-order valence-corrected chi connectivity index (χ2v) is 6.08. The Balaban J connectivity index is 1.89. The van der Waals surface area contributed by atoms with Crippen LogP contribution in [-0.2, 0) is 6.42 Å². The normalized spacial score (nSPS) is 18.0. The number of rotatable bonds is 3. The van der Waals surface area contributed by atoms with E-state index in [4.69, 9.17) is 11.6 Å². The third-order valence-electron chi connectivity index (χ3n) is 4.28. The summed E-state index contributed by atoms with van der Waals surface area (Å²) in [5.41, 5.74) is 2.96. The molecule has 0 radical (unpaired) electrons. The first-order valence-electron chi connectivity index (χ1n) is 7.90. The van der Waals surface area contributed by atoms with E-state index in [1.165, 1.54) is 11.8 Å². The molecule has 5 heteroatoms. The maximum absolute atomic E-state index is 12.9. The number of carbonyl (C=O) groups is 1. The average Bonchev–Trinajstić information content (AvgIpc) is 2.62. The lowest BCUT2D eigenvalue weighted by Gasteiger charge is -2.36. The molecule has 1 N–H and O–H groups in total. The number of nitrogens with one attached hydrogen (secondary N) is 1. The van der Waals surface area contributed by atoms with E-state index in [0.29, 0.717) is 17.1 Å². The highest BCUT2D eigenvalue weighted by Gasteiger charge is 2.29. The number of aryl methyl sites for hydroxylation is 1. The molecule has 2 heterocycles. The topological polar surface area (TPSA) is 45.2 Å². The molecular weight excluding hydrogens is 310 g/mol. The quantitative estimate of drug-likeness (QED) is 0.941. The molecular formula is C18H20ClN3O. The molecule has 1 aliphatic heterocycles. The number of aromatic nitrogens is 1. The fourth-order valence-electron chi connectivity index (χ4n) is 2.92. The van der Waals surface area contributed by atoms with Gasteiger partial charge in [-0.15, -0.1) is 0 Å². The van der Waals surface area contributed by atoms with Crippen molar-refractivity contribution in [3.8, 4) is 0 Å². The highest BCUT2D eigenvalue weighted by Crippen LogP contribution is 2.26. The monoisotopic (exact) mass is 329 g/mol. The number of amides is 1. The largest absolute Gasteiger partial charge is 0.329 e. The van der Waals surface area contributed by atoms with Crippen molar-refractivity contribution >= 4 is 17.5 Å². The number of halogens is 1. The van der Waals surface area contributed by atoms with Crippen molar-refractivity contribution in [3.63, 3.8) is 0 Å². The van der Waals surface area contributed by atoms with Crippen molar-refractivity contribution in [2.75, 3.05) is 19.6 Å². The van der Waals surface area contributed by atoms with Gasteiger partial charge in [0, 0.05) is 32.0 Å². The molecule has 1 aliphatic rings. The van der Waals surface area contributed by atoms with Crippen LogP contribution in [0.25, 0.3) is 0 Å². The van der Waals surface area contributed by atoms with E-state index in [0.717, 1.165) is 25.1 Å². The van der Waals surface area contributed by atoms with E-state index in [1.807, 2.05) is 4.90 Å². The van der Waals surface area contributed by atoms with E-state index in [-0.39, 0.29) is 11.9 Å². The second kappa shape index (κ2) is 7.11. The van der Waals surface area contributed by atoms with Gasteiger partial charge in [-0.3, -0.25) is 9.78 Å². The molecule has 1 unspecified atom stereocenters. The minimum absolute atomic E-state index is 0.0198. The summed E-state index contributed by atoms with van der Waals surface area (Å²) in [6.07, 6.45) is 4.13. The van der Waals surface area contributed by atoms with Crippen molar-refractivity contribution in [3.05, 3.63) is 64.4 Å². The van der Waals surface area contributed by atoms with Crippen molar-refractivity contribution in [2.24, 2.45) is 0 Å². The lowest BCUT2D eigenvalue weighted by Crippen LogP contribution is -2.48. The maximum Gasteiger partial charge on any atom is 0.256 e. The highest BCUT2D eigenvalue weighted by atomic mass is 35.5. The molecule has 0 saturated carbocycles.